The summed E-state index contributed by atoms with van der Waals surface area (Å²) in [5.41, 5.74) is 0. The van der Waals surface area contributed by atoms with Gasteiger partial charge in [0.05, 0.1) is 0 Å². The normalized spacial score (nSPS) is 23.2. The van der Waals surface area contributed by atoms with E-state index in [1.807, 2.05) is 0 Å². The average Bonchev–Trinajstić information content (AvgIpc) is 2.49. The Morgan fingerprint density at radius 2 is 2.27 bits per heavy atom. The molecular formula is C11H19NO3. The molecule has 1 amide bonds. The van der Waals surface area contributed by atoms with Crippen molar-refractivity contribution in [1.82, 2.24) is 4.90 Å². The van der Waals surface area contributed by atoms with E-state index in [1.165, 1.54) is 4.90 Å². The van der Waals surface area contributed by atoms with Crippen molar-refractivity contribution < 1.29 is 14.7 Å². The fourth-order valence-electron chi connectivity index (χ4n) is 2.24. The number of hydrogen-bond donors (Lipinski definition) is 1. The van der Waals surface area contributed by atoms with Crippen LogP contribution in [0.15, 0.2) is 0 Å². The van der Waals surface area contributed by atoms with Crippen LogP contribution in [0.2, 0.25) is 0 Å². The zero-order valence-electron chi connectivity index (χ0n) is 9.40. The van der Waals surface area contributed by atoms with Gasteiger partial charge in [-0.1, -0.05) is 20.3 Å². The molecule has 0 bridgehead atoms. The Kier molecular flexibility index (Phi) is 4.12. The van der Waals surface area contributed by atoms with Gasteiger partial charge in [0, 0.05) is 13.0 Å². The molecule has 86 valence electrons. The van der Waals surface area contributed by atoms with Gasteiger partial charge in [-0.05, 0) is 18.8 Å². The highest BCUT2D eigenvalue weighted by Gasteiger charge is 2.36. The number of hydrogen-bond acceptors (Lipinski definition) is 2. The summed E-state index contributed by atoms with van der Waals surface area (Å²) >= 11 is 0. The minimum Gasteiger partial charge on any atom is -0.480 e. The van der Waals surface area contributed by atoms with Gasteiger partial charge in [0.15, 0.2) is 0 Å². The molecule has 1 N–H and O–H groups in total. The number of rotatable bonds is 5. The summed E-state index contributed by atoms with van der Waals surface area (Å²) in [6, 6.07) is -0.626. The van der Waals surface area contributed by atoms with Crippen LogP contribution in [-0.2, 0) is 9.59 Å². The van der Waals surface area contributed by atoms with Crippen molar-refractivity contribution in [2.75, 3.05) is 6.54 Å². The first kappa shape index (κ1) is 12.0. The first-order chi connectivity index (χ1) is 7.10. The second-order valence-corrected chi connectivity index (χ2v) is 4.17. The summed E-state index contributed by atoms with van der Waals surface area (Å²) in [7, 11) is 0. The van der Waals surface area contributed by atoms with Crippen LogP contribution in [0.3, 0.4) is 0 Å². The van der Waals surface area contributed by atoms with E-state index in [9.17, 15) is 9.59 Å². The number of carbonyl (C=O) groups is 2. The van der Waals surface area contributed by atoms with Gasteiger partial charge in [-0.15, -0.1) is 0 Å². The highest BCUT2D eigenvalue weighted by molar-refractivity contribution is 5.85. The number of carboxylic acids is 1. The van der Waals surface area contributed by atoms with Gasteiger partial charge in [0.1, 0.15) is 6.04 Å². The lowest BCUT2D eigenvalue weighted by molar-refractivity contribution is -0.148. The lowest BCUT2D eigenvalue weighted by atomic mass is 10.0. The number of likely N-dealkylation sites (tertiary alicyclic amines) is 1. The Balaban J connectivity index is 2.63. The van der Waals surface area contributed by atoms with Crippen LogP contribution in [-0.4, -0.2) is 34.5 Å². The quantitative estimate of drug-likeness (QED) is 0.753. The van der Waals surface area contributed by atoms with Gasteiger partial charge in [-0.3, -0.25) is 4.79 Å². The fourth-order valence-corrected chi connectivity index (χ4v) is 2.24. The molecule has 0 spiro atoms. The van der Waals surface area contributed by atoms with Crippen LogP contribution in [0, 0.1) is 5.92 Å². The van der Waals surface area contributed by atoms with Crippen LogP contribution < -0.4 is 0 Å². The van der Waals surface area contributed by atoms with Gasteiger partial charge in [-0.25, -0.2) is 4.79 Å². The van der Waals surface area contributed by atoms with Gasteiger partial charge >= 0.3 is 5.97 Å². The molecule has 1 saturated heterocycles. The first-order valence-electron chi connectivity index (χ1n) is 5.62. The predicted octanol–water partition coefficient (Wildman–Crippen LogP) is 1.50. The summed E-state index contributed by atoms with van der Waals surface area (Å²) in [6.07, 6.45) is 3.07. The maximum Gasteiger partial charge on any atom is 0.326 e. The molecule has 1 aliphatic rings. The first-order valence-corrected chi connectivity index (χ1v) is 5.62. The van der Waals surface area contributed by atoms with Gasteiger partial charge in [-0.2, -0.15) is 0 Å². The molecule has 0 radical (unpaired) electrons. The summed E-state index contributed by atoms with van der Waals surface area (Å²) in [5, 5.41) is 8.97. The number of aliphatic carboxylic acids is 1. The third-order valence-corrected chi connectivity index (χ3v) is 2.98. The van der Waals surface area contributed by atoms with E-state index in [0.717, 1.165) is 12.8 Å². The SMILES string of the molecule is CCCC1CC(=O)N(C(CC)C(=O)O)C1. The average molecular weight is 213 g/mol. The van der Waals surface area contributed by atoms with E-state index < -0.39 is 12.0 Å². The highest BCUT2D eigenvalue weighted by Crippen LogP contribution is 2.24. The molecule has 4 heteroatoms. The molecule has 2 atom stereocenters. The molecule has 0 aromatic heterocycles. The monoisotopic (exact) mass is 213 g/mol. The van der Waals surface area contributed by atoms with E-state index >= 15 is 0 Å². The fraction of sp³-hybridized carbons (Fsp3) is 0.818. The molecule has 1 fully saturated rings. The van der Waals surface area contributed by atoms with E-state index in [1.54, 1.807) is 6.92 Å². The summed E-state index contributed by atoms with van der Waals surface area (Å²) in [6.45, 7) is 4.51. The second kappa shape index (κ2) is 5.14. The van der Waals surface area contributed by atoms with E-state index in [-0.39, 0.29) is 5.91 Å². The van der Waals surface area contributed by atoms with Crippen molar-refractivity contribution in [3.63, 3.8) is 0 Å². The summed E-state index contributed by atoms with van der Waals surface area (Å²) in [4.78, 5) is 24.1. The zero-order valence-corrected chi connectivity index (χ0v) is 9.40. The third kappa shape index (κ3) is 2.70. The summed E-state index contributed by atoms with van der Waals surface area (Å²) in [5.74, 6) is -0.526. The highest BCUT2D eigenvalue weighted by atomic mass is 16.4. The number of nitrogens with zero attached hydrogens (tertiary/aromatic N) is 1. The van der Waals surface area contributed by atoms with Crippen LogP contribution in [0.25, 0.3) is 0 Å². The molecule has 15 heavy (non-hydrogen) atoms. The summed E-state index contributed by atoms with van der Waals surface area (Å²) < 4.78 is 0. The molecule has 0 aromatic carbocycles. The maximum absolute atomic E-state index is 11.6. The Bertz CT molecular complexity index is 252. The van der Waals surface area contributed by atoms with E-state index in [2.05, 4.69) is 6.92 Å². The maximum atomic E-state index is 11.6. The molecule has 1 heterocycles. The minimum absolute atomic E-state index is 0.00250. The molecule has 0 saturated carbocycles. The van der Waals surface area contributed by atoms with Crippen molar-refractivity contribution >= 4 is 11.9 Å². The van der Waals surface area contributed by atoms with Crippen molar-refractivity contribution in [3.8, 4) is 0 Å². The number of carbonyl (C=O) groups excluding carboxylic acids is 1. The van der Waals surface area contributed by atoms with Gasteiger partial charge in [0.2, 0.25) is 5.91 Å². The lowest BCUT2D eigenvalue weighted by Crippen LogP contribution is -2.41. The lowest BCUT2D eigenvalue weighted by Gasteiger charge is -2.23. The van der Waals surface area contributed by atoms with Gasteiger partial charge in [0.25, 0.3) is 0 Å². The number of carboxylic acid groups (broad SMARTS) is 1. The van der Waals surface area contributed by atoms with Crippen LogP contribution in [0.5, 0.6) is 0 Å². The molecular weight excluding hydrogens is 194 g/mol. The Morgan fingerprint density at radius 3 is 2.73 bits per heavy atom. The van der Waals surface area contributed by atoms with Gasteiger partial charge < -0.3 is 10.0 Å². The Labute approximate surface area is 90.3 Å². The standard InChI is InChI=1S/C11H19NO3/c1-3-5-8-6-10(13)12(7-8)9(4-2)11(14)15/h8-9H,3-7H2,1-2H3,(H,14,15). The molecule has 0 aromatic rings. The minimum atomic E-state index is -0.886. The van der Waals surface area contributed by atoms with Crippen LogP contribution >= 0.6 is 0 Å². The van der Waals surface area contributed by atoms with E-state index in [0.29, 0.717) is 25.3 Å². The van der Waals surface area contributed by atoms with E-state index in [4.69, 9.17) is 5.11 Å². The van der Waals surface area contributed by atoms with Crippen molar-refractivity contribution in [2.45, 2.75) is 45.6 Å². The van der Waals surface area contributed by atoms with Crippen molar-refractivity contribution in [1.29, 1.82) is 0 Å². The smallest absolute Gasteiger partial charge is 0.326 e. The molecule has 1 aliphatic heterocycles. The zero-order chi connectivity index (χ0) is 11.4. The molecule has 2 unspecified atom stereocenters. The number of amides is 1. The van der Waals surface area contributed by atoms with Crippen molar-refractivity contribution in [3.05, 3.63) is 0 Å². The topological polar surface area (TPSA) is 57.6 Å². The van der Waals surface area contributed by atoms with Crippen LogP contribution in [0.1, 0.15) is 39.5 Å². The molecule has 1 rings (SSSR count). The predicted molar refractivity (Wildman–Crippen MR) is 56.4 cm³/mol. The Morgan fingerprint density at radius 1 is 1.60 bits per heavy atom. The molecule has 0 aliphatic carbocycles. The third-order valence-electron chi connectivity index (χ3n) is 2.98. The second-order valence-electron chi connectivity index (χ2n) is 4.17. The Hall–Kier alpha value is -1.06. The largest absolute Gasteiger partial charge is 0.480 e. The molecule has 4 nitrogen and oxygen atoms in total. The van der Waals surface area contributed by atoms with Crippen molar-refractivity contribution in [2.24, 2.45) is 5.92 Å². The van der Waals surface area contributed by atoms with Crippen LogP contribution in [0.4, 0.5) is 0 Å².